The van der Waals surface area contributed by atoms with E-state index in [9.17, 15) is 14.7 Å². The molecule has 1 aliphatic rings. The fraction of sp³-hybridized carbons (Fsp3) is 0.0909. The molecule has 0 bridgehead atoms. The van der Waals surface area contributed by atoms with Crippen LogP contribution in [0.5, 0.6) is 5.75 Å². The molecular formula is C22H16ClNO5. The molecule has 2 heterocycles. The van der Waals surface area contributed by atoms with Crippen LogP contribution in [0.15, 0.2) is 76.9 Å². The van der Waals surface area contributed by atoms with Gasteiger partial charge in [0, 0.05) is 10.7 Å². The molecule has 0 saturated carbocycles. The summed E-state index contributed by atoms with van der Waals surface area (Å²) in [6.07, 6.45) is 1.44. The molecule has 7 heteroatoms. The molecule has 1 N–H and O–H groups in total. The zero-order valence-corrected chi connectivity index (χ0v) is 16.1. The molecule has 1 unspecified atom stereocenters. The normalized spacial score (nSPS) is 18.3. The average molecular weight is 410 g/mol. The fourth-order valence-corrected chi connectivity index (χ4v) is 3.53. The minimum Gasteiger partial charge on any atom is -0.507 e. The average Bonchev–Trinajstić information content (AvgIpc) is 3.35. The van der Waals surface area contributed by atoms with Gasteiger partial charge in [0.2, 0.25) is 0 Å². The highest BCUT2D eigenvalue weighted by Gasteiger charge is 2.48. The first-order chi connectivity index (χ1) is 14.0. The number of amides is 1. The summed E-state index contributed by atoms with van der Waals surface area (Å²) in [4.78, 5) is 27.2. The quantitative estimate of drug-likeness (QED) is 0.388. The second-order valence-corrected chi connectivity index (χ2v) is 6.80. The minimum absolute atomic E-state index is 0.0793. The fourth-order valence-electron chi connectivity index (χ4n) is 3.40. The number of Topliss-reactive ketones (excluding diaryl/α,β-unsaturated/α-hetero) is 1. The van der Waals surface area contributed by atoms with Crippen LogP contribution in [0.1, 0.15) is 17.4 Å². The zero-order chi connectivity index (χ0) is 20.5. The van der Waals surface area contributed by atoms with Crippen molar-refractivity contribution in [2.45, 2.75) is 6.04 Å². The molecule has 1 atom stereocenters. The van der Waals surface area contributed by atoms with Crippen LogP contribution in [0.4, 0.5) is 5.69 Å². The van der Waals surface area contributed by atoms with Crippen molar-refractivity contribution in [2.24, 2.45) is 0 Å². The standard InChI is InChI=1S/C22H16ClNO5/c1-28-16-6-3-2-5-15(16)20(25)18-19(17-7-4-12-29-17)24(22(27)21(18)26)14-10-8-13(23)9-11-14/h2-12,19,25H,1H3/b20-18-. The number of furan rings is 1. The molecule has 1 aromatic heterocycles. The van der Waals surface area contributed by atoms with Gasteiger partial charge in [-0.2, -0.15) is 0 Å². The van der Waals surface area contributed by atoms with Crippen LogP contribution < -0.4 is 9.64 Å². The number of methoxy groups -OCH3 is 1. The smallest absolute Gasteiger partial charge is 0.300 e. The van der Waals surface area contributed by atoms with Gasteiger partial charge in [-0.15, -0.1) is 0 Å². The Balaban J connectivity index is 1.94. The third-order valence-corrected chi connectivity index (χ3v) is 4.98. The summed E-state index contributed by atoms with van der Waals surface area (Å²) < 4.78 is 10.8. The lowest BCUT2D eigenvalue weighted by molar-refractivity contribution is -0.132. The molecular weight excluding hydrogens is 394 g/mol. The van der Waals surface area contributed by atoms with Gasteiger partial charge in [-0.25, -0.2) is 0 Å². The number of aliphatic hydroxyl groups is 1. The Bertz CT molecular complexity index is 1100. The second kappa shape index (κ2) is 7.48. The number of carbonyl (C=O) groups is 2. The van der Waals surface area contributed by atoms with Gasteiger partial charge in [0.15, 0.2) is 0 Å². The number of rotatable bonds is 4. The number of aliphatic hydroxyl groups excluding tert-OH is 1. The molecule has 29 heavy (non-hydrogen) atoms. The van der Waals surface area contributed by atoms with Crippen LogP contribution in [0.2, 0.25) is 5.02 Å². The molecule has 6 nitrogen and oxygen atoms in total. The summed E-state index contributed by atoms with van der Waals surface area (Å²) in [6.45, 7) is 0. The van der Waals surface area contributed by atoms with E-state index < -0.39 is 17.7 Å². The summed E-state index contributed by atoms with van der Waals surface area (Å²) in [5, 5.41) is 11.5. The van der Waals surface area contributed by atoms with Crippen molar-refractivity contribution in [1.82, 2.24) is 0 Å². The summed E-state index contributed by atoms with van der Waals surface area (Å²) in [5.41, 5.74) is 0.682. The van der Waals surface area contributed by atoms with E-state index in [-0.39, 0.29) is 11.3 Å². The Hall–Kier alpha value is -3.51. The summed E-state index contributed by atoms with van der Waals surface area (Å²) in [7, 11) is 1.46. The maximum absolute atomic E-state index is 13.0. The molecule has 0 radical (unpaired) electrons. The first-order valence-corrected chi connectivity index (χ1v) is 9.14. The van der Waals surface area contributed by atoms with E-state index in [2.05, 4.69) is 0 Å². The Morgan fingerprint density at radius 1 is 1.07 bits per heavy atom. The number of benzene rings is 2. The molecule has 3 aromatic rings. The Morgan fingerprint density at radius 2 is 1.79 bits per heavy atom. The molecule has 1 fully saturated rings. The van der Waals surface area contributed by atoms with E-state index in [1.807, 2.05) is 0 Å². The van der Waals surface area contributed by atoms with Gasteiger partial charge in [-0.3, -0.25) is 14.5 Å². The minimum atomic E-state index is -0.934. The number of ketones is 1. The van der Waals surface area contributed by atoms with Crippen LogP contribution in [0, 0.1) is 0 Å². The summed E-state index contributed by atoms with van der Waals surface area (Å²) in [5.74, 6) is -1.20. The molecule has 2 aromatic carbocycles. The van der Waals surface area contributed by atoms with Crippen molar-refractivity contribution in [2.75, 3.05) is 12.0 Å². The molecule has 1 saturated heterocycles. The van der Waals surface area contributed by atoms with Crippen molar-refractivity contribution >= 4 is 34.7 Å². The van der Waals surface area contributed by atoms with Gasteiger partial charge in [0.25, 0.3) is 11.7 Å². The van der Waals surface area contributed by atoms with E-state index in [1.54, 1.807) is 60.7 Å². The topological polar surface area (TPSA) is 80.0 Å². The highest BCUT2D eigenvalue weighted by molar-refractivity contribution is 6.51. The first-order valence-electron chi connectivity index (χ1n) is 8.76. The Kier molecular flexibility index (Phi) is 4.86. The Labute approximate surface area is 171 Å². The van der Waals surface area contributed by atoms with E-state index in [4.69, 9.17) is 20.8 Å². The van der Waals surface area contributed by atoms with Crippen molar-refractivity contribution in [3.05, 3.63) is 88.8 Å². The lowest BCUT2D eigenvalue weighted by Crippen LogP contribution is -2.29. The third-order valence-electron chi connectivity index (χ3n) is 4.72. The molecule has 0 aliphatic carbocycles. The number of hydrogen-bond acceptors (Lipinski definition) is 5. The summed E-state index contributed by atoms with van der Waals surface area (Å²) in [6, 6.07) is 15.6. The number of para-hydroxylation sites is 1. The van der Waals surface area contributed by atoms with Gasteiger partial charge >= 0.3 is 0 Å². The number of nitrogens with zero attached hydrogens (tertiary/aromatic N) is 1. The van der Waals surface area contributed by atoms with Crippen LogP contribution in [-0.4, -0.2) is 23.9 Å². The van der Waals surface area contributed by atoms with Gasteiger partial charge in [0.1, 0.15) is 23.3 Å². The summed E-state index contributed by atoms with van der Waals surface area (Å²) >= 11 is 5.96. The zero-order valence-electron chi connectivity index (χ0n) is 15.3. The first kappa shape index (κ1) is 18.8. The lowest BCUT2D eigenvalue weighted by atomic mass is 9.98. The van der Waals surface area contributed by atoms with Gasteiger partial charge < -0.3 is 14.3 Å². The third kappa shape index (κ3) is 3.17. The number of anilines is 1. The molecule has 146 valence electrons. The largest absolute Gasteiger partial charge is 0.507 e. The van der Waals surface area contributed by atoms with Gasteiger partial charge in [-0.1, -0.05) is 23.7 Å². The highest BCUT2D eigenvalue weighted by atomic mass is 35.5. The van der Waals surface area contributed by atoms with Crippen molar-refractivity contribution in [1.29, 1.82) is 0 Å². The van der Waals surface area contributed by atoms with E-state index in [0.29, 0.717) is 27.8 Å². The lowest BCUT2D eigenvalue weighted by Gasteiger charge is -2.23. The Morgan fingerprint density at radius 3 is 2.45 bits per heavy atom. The predicted octanol–water partition coefficient (Wildman–Crippen LogP) is 4.57. The monoisotopic (exact) mass is 409 g/mol. The number of carbonyl (C=O) groups excluding carboxylic acids is 2. The van der Waals surface area contributed by atoms with Crippen LogP contribution >= 0.6 is 11.6 Å². The van der Waals surface area contributed by atoms with E-state index in [1.165, 1.54) is 18.3 Å². The van der Waals surface area contributed by atoms with Crippen molar-refractivity contribution in [3.63, 3.8) is 0 Å². The van der Waals surface area contributed by atoms with E-state index in [0.717, 1.165) is 0 Å². The maximum atomic E-state index is 13.0. The molecule has 0 spiro atoms. The molecule has 4 rings (SSSR count). The predicted molar refractivity (Wildman–Crippen MR) is 108 cm³/mol. The maximum Gasteiger partial charge on any atom is 0.300 e. The van der Waals surface area contributed by atoms with Crippen molar-refractivity contribution in [3.8, 4) is 5.75 Å². The van der Waals surface area contributed by atoms with Gasteiger partial charge in [-0.05, 0) is 48.5 Å². The number of ether oxygens (including phenoxy) is 1. The number of halogens is 1. The van der Waals surface area contributed by atoms with Crippen LogP contribution in [0.25, 0.3) is 5.76 Å². The van der Waals surface area contributed by atoms with Gasteiger partial charge in [0.05, 0.1) is 24.5 Å². The van der Waals surface area contributed by atoms with Crippen LogP contribution in [0.3, 0.4) is 0 Å². The number of hydrogen-bond donors (Lipinski definition) is 1. The second-order valence-electron chi connectivity index (χ2n) is 6.36. The van der Waals surface area contributed by atoms with E-state index >= 15 is 0 Å². The molecule has 1 amide bonds. The SMILES string of the molecule is COc1ccccc1/C(O)=C1/C(=O)C(=O)N(c2ccc(Cl)cc2)C1c1ccco1. The van der Waals surface area contributed by atoms with Crippen molar-refractivity contribution < 1.29 is 23.8 Å². The molecule has 1 aliphatic heterocycles. The highest BCUT2D eigenvalue weighted by Crippen LogP contribution is 2.43. The van der Waals surface area contributed by atoms with Crippen LogP contribution in [-0.2, 0) is 9.59 Å².